The summed E-state index contributed by atoms with van der Waals surface area (Å²) in [5, 5.41) is 13.5. The summed E-state index contributed by atoms with van der Waals surface area (Å²) in [5.74, 6) is -0.566. The predicted molar refractivity (Wildman–Crippen MR) is 119 cm³/mol. The van der Waals surface area contributed by atoms with E-state index in [1.807, 2.05) is 0 Å². The smallest absolute Gasteiger partial charge is 0.227 e. The number of para-hydroxylation sites is 1. The molecule has 0 aliphatic carbocycles. The average Bonchev–Trinajstić information content (AvgIpc) is 3.22. The molecule has 8 heteroatoms. The van der Waals surface area contributed by atoms with E-state index in [1.54, 1.807) is 29.2 Å². The van der Waals surface area contributed by atoms with Crippen molar-refractivity contribution in [3.05, 3.63) is 54.1 Å². The Morgan fingerprint density at radius 1 is 1.09 bits per heavy atom. The first-order chi connectivity index (χ1) is 15.5. The van der Waals surface area contributed by atoms with Crippen molar-refractivity contribution < 1.29 is 23.4 Å². The lowest BCUT2D eigenvalue weighted by Gasteiger charge is -2.34. The highest BCUT2D eigenvalue weighted by atomic mass is 19.1. The maximum atomic E-state index is 14.4. The Kier molecular flexibility index (Phi) is 7.22. The molecule has 0 spiro atoms. The van der Waals surface area contributed by atoms with Crippen LogP contribution in [0.4, 0.5) is 20.2 Å². The van der Waals surface area contributed by atoms with Crippen LogP contribution in [-0.2, 0) is 4.79 Å². The minimum Gasteiger partial charge on any atom is -0.488 e. The standard InChI is InChI=1S/C24H29F2N3O3/c25-20-8-7-18(29-11-3-6-24(29)31)14-22(20)27-17-9-12-28(13-10-17)15-19(30)16-32-23-5-2-1-4-21(23)26/h1-2,4-5,7-8,14,17,19,27,30H,3,6,9-13,15-16H2/t19-/m1/s1. The second kappa shape index (κ2) is 10.3. The molecule has 0 radical (unpaired) electrons. The van der Waals surface area contributed by atoms with Crippen LogP contribution in [0.15, 0.2) is 42.5 Å². The van der Waals surface area contributed by atoms with Gasteiger partial charge in [0, 0.05) is 44.3 Å². The van der Waals surface area contributed by atoms with E-state index in [9.17, 15) is 18.7 Å². The quantitative estimate of drug-likeness (QED) is 0.652. The molecule has 1 atom stereocenters. The predicted octanol–water partition coefficient (Wildman–Crippen LogP) is 3.41. The van der Waals surface area contributed by atoms with Gasteiger partial charge in [0.15, 0.2) is 11.6 Å². The van der Waals surface area contributed by atoms with Crippen molar-refractivity contribution in [1.82, 2.24) is 4.90 Å². The molecule has 2 aliphatic heterocycles. The number of benzene rings is 2. The number of nitrogens with one attached hydrogen (secondary N) is 1. The summed E-state index contributed by atoms with van der Waals surface area (Å²) in [6.07, 6.45) is 2.23. The van der Waals surface area contributed by atoms with E-state index in [1.165, 1.54) is 18.2 Å². The number of β-amino-alcohol motifs (C(OH)–C–C–N with tert-alkyl or cyclic N) is 1. The minimum atomic E-state index is -0.730. The number of amides is 1. The number of carbonyl (C=O) groups is 1. The number of anilines is 2. The number of piperidine rings is 1. The molecular weight excluding hydrogens is 416 g/mol. The largest absolute Gasteiger partial charge is 0.488 e. The Morgan fingerprint density at radius 2 is 1.88 bits per heavy atom. The molecule has 1 amide bonds. The number of carbonyl (C=O) groups excluding carboxylic acids is 1. The average molecular weight is 446 g/mol. The number of aliphatic hydroxyl groups excluding tert-OH is 1. The molecule has 2 aromatic carbocycles. The zero-order valence-corrected chi connectivity index (χ0v) is 18.0. The van der Waals surface area contributed by atoms with Gasteiger partial charge in [0.05, 0.1) is 5.69 Å². The molecule has 0 unspecified atom stereocenters. The van der Waals surface area contributed by atoms with Crippen molar-refractivity contribution in [2.75, 3.05) is 43.0 Å². The SMILES string of the molecule is O=C1CCCN1c1ccc(F)c(NC2CCN(C[C@@H](O)COc3ccccc3F)CC2)c1. The zero-order valence-electron chi connectivity index (χ0n) is 18.0. The van der Waals surface area contributed by atoms with E-state index in [4.69, 9.17) is 4.74 Å². The molecule has 172 valence electrons. The van der Waals surface area contributed by atoms with Crippen LogP contribution in [0.1, 0.15) is 25.7 Å². The van der Waals surface area contributed by atoms with Crippen LogP contribution in [0.25, 0.3) is 0 Å². The van der Waals surface area contributed by atoms with Crippen LogP contribution in [0.3, 0.4) is 0 Å². The van der Waals surface area contributed by atoms with Gasteiger partial charge in [-0.3, -0.25) is 4.79 Å². The fraction of sp³-hybridized carbons (Fsp3) is 0.458. The van der Waals surface area contributed by atoms with Gasteiger partial charge in [-0.2, -0.15) is 0 Å². The molecule has 6 nitrogen and oxygen atoms in total. The normalized spacial score (nSPS) is 18.7. The minimum absolute atomic E-state index is 0.0202. The lowest BCUT2D eigenvalue weighted by Crippen LogP contribution is -2.43. The first kappa shape index (κ1) is 22.5. The van der Waals surface area contributed by atoms with Crippen LogP contribution in [0.5, 0.6) is 5.75 Å². The van der Waals surface area contributed by atoms with Gasteiger partial charge in [-0.25, -0.2) is 8.78 Å². The molecule has 4 rings (SSSR count). The molecule has 2 fully saturated rings. The Bertz CT molecular complexity index is 934. The number of hydrogen-bond donors (Lipinski definition) is 2. The summed E-state index contributed by atoms with van der Waals surface area (Å²) in [6.45, 7) is 2.63. The van der Waals surface area contributed by atoms with Gasteiger partial charge in [-0.1, -0.05) is 12.1 Å². The number of nitrogens with zero attached hydrogens (tertiary/aromatic N) is 2. The summed E-state index contributed by atoms with van der Waals surface area (Å²) >= 11 is 0. The number of halogens is 2. The van der Waals surface area contributed by atoms with Gasteiger partial charge in [0.25, 0.3) is 0 Å². The highest BCUT2D eigenvalue weighted by Crippen LogP contribution is 2.28. The van der Waals surface area contributed by atoms with Crippen LogP contribution >= 0.6 is 0 Å². The van der Waals surface area contributed by atoms with E-state index >= 15 is 0 Å². The lowest BCUT2D eigenvalue weighted by molar-refractivity contribution is -0.117. The molecule has 2 aromatic rings. The number of aliphatic hydroxyl groups is 1. The molecule has 0 bridgehead atoms. The van der Waals surface area contributed by atoms with Gasteiger partial charge in [-0.05, 0) is 49.6 Å². The van der Waals surface area contributed by atoms with Gasteiger partial charge in [0.1, 0.15) is 18.5 Å². The molecule has 0 saturated carbocycles. The van der Waals surface area contributed by atoms with E-state index in [2.05, 4.69) is 10.2 Å². The fourth-order valence-electron chi connectivity index (χ4n) is 4.29. The first-order valence-electron chi connectivity index (χ1n) is 11.1. The molecule has 32 heavy (non-hydrogen) atoms. The van der Waals surface area contributed by atoms with Gasteiger partial charge in [0.2, 0.25) is 5.91 Å². The summed E-state index contributed by atoms with van der Waals surface area (Å²) < 4.78 is 33.4. The van der Waals surface area contributed by atoms with Crippen LogP contribution < -0.4 is 15.0 Å². The molecule has 2 N–H and O–H groups in total. The number of ether oxygens (including phenoxy) is 1. The van der Waals surface area contributed by atoms with Gasteiger partial charge < -0.3 is 25.0 Å². The van der Waals surface area contributed by atoms with Crippen molar-refractivity contribution in [2.24, 2.45) is 0 Å². The fourth-order valence-corrected chi connectivity index (χ4v) is 4.29. The lowest BCUT2D eigenvalue weighted by atomic mass is 10.0. The monoisotopic (exact) mass is 445 g/mol. The Hall–Kier alpha value is -2.71. The second-order valence-electron chi connectivity index (χ2n) is 8.43. The van der Waals surface area contributed by atoms with Gasteiger partial charge in [-0.15, -0.1) is 0 Å². The topological polar surface area (TPSA) is 65.0 Å². The highest BCUT2D eigenvalue weighted by molar-refractivity contribution is 5.95. The third kappa shape index (κ3) is 5.55. The molecule has 2 saturated heterocycles. The van der Waals surface area contributed by atoms with Crippen molar-refractivity contribution in [3.63, 3.8) is 0 Å². The number of hydrogen-bond acceptors (Lipinski definition) is 5. The number of rotatable bonds is 8. The molecule has 0 aromatic heterocycles. The third-order valence-electron chi connectivity index (χ3n) is 6.02. The van der Waals surface area contributed by atoms with Gasteiger partial charge >= 0.3 is 0 Å². The van der Waals surface area contributed by atoms with E-state index in [-0.39, 0.29) is 30.1 Å². The maximum Gasteiger partial charge on any atom is 0.227 e. The Balaban J connectivity index is 1.24. The van der Waals surface area contributed by atoms with E-state index in [0.717, 1.165) is 38.0 Å². The first-order valence-corrected chi connectivity index (χ1v) is 11.1. The zero-order chi connectivity index (χ0) is 22.5. The van der Waals surface area contributed by atoms with Crippen molar-refractivity contribution in [3.8, 4) is 5.75 Å². The van der Waals surface area contributed by atoms with Crippen LogP contribution in [0.2, 0.25) is 0 Å². The van der Waals surface area contributed by atoms with Crippen LogP contribution in [0, 0.1) is 11.6 Å². The highest BCUT2D eigenvalue weighted by Gasteiger charge is 2.25. The molecule has 2 aliphatic rings. The summed E-state index contributed by atoms with van der Waals surface area (Å²) in [4.78, 5) is 15.8. The summed E-state index contributed by atoms with van der Waals surface area (Å²) in [5.41, 5.74) is 1.14. The van der Waals surface area contributed by atoms with Crippen molar-refractivity contribution in [2.45, 2.75) is 37.8 Å². The number of likely N-dealkylation sites (tertiary alicyclic amines) is 1. The van der Waals surface area contributed by atoms with E-state index in [0.29, 0.717) is 25.2 Å². The maximum absolute atomic E-state index is 14.4. The summed E-state index contributed by atoms with van der Waals surface area (Å²) in [6, 6.07) is 11.0. The summed E-state index contributed by atoms with van der Waals surface area (Å²) in [7, 11) is 0. The molecular formula is C24H29F2N3O3. The third-order valence-corrected chi connectivity index (χ3v) is 6.02. The van der Waals surface area contributed by atoms with Crippen LogP contribution in [-0.4, -0.2) is 60.8 Å². The molecule has 2 heterocycles. The van der Waals surface area contributed by atoms with E-state index < -0.39 is 11.9 Å². The van der Waals surface area contributed by atoms with Crippen molar-refractivity contribution in [1.29, 1.82) is 0 Å². The van der Waals surface area contributed by atoms with Crippen molar-refractivity contribution >= 4 is 17.3 Å². The Morgan fingerprint density at radius 3 is 2.59 bits per heavy atom. The Labute approximate surface area is 186 Å². The second-order valence-corrected chi connectivity index (χ2v) is 8.43.